The second kappa shape index (κ2) is 5.07. The van der Waals surface area contributed by atoms with E-state index in [-0.39, 0.29) is 5.69 Å². The van der Waals surface area contributed by atoms with Crippen LogP contribution in [0.2, 0.25) is 0 Å². The van der Waals surface area contributed by atoms with Crippen molar-refractivity contribution in [3.05, 3.63) is 29.8 Å². The van der Waals surface area contributed by atoms with E-state index in [1.54, 1.807) is 0 Å². The zero-order valence-corrected chi connectivity index (χ0v) is 10.9. The second-order valence-electron chi connectivity index (χ2n) is 5.29. The lowest BCUT2D eigenvalue weighted by atomic mass is 9.78. The Hall–Kier alpha value is -2.02. The van der Waals surface area contributed by atoms with E-state index in [0.717, 1.165) is 12.1 Å². The number of fused-ring (bicyclic) bond motifs is 2. The van der Waals surface area contributed by atoms with Gasteiger partial charge in [0, 0.05) is 6.07 Å². The van der Waals surface area contributed by atoms with Crippen LogP contribution in [0, 0.1) is 23.5 Å². The molecule has 1 amide bonds. The first-order valence-corrected chi connectivity index (χ1v) is 6.61. The van der Waals surface area contributed by atoms with E-state index >= 15 is 0 Å². The number of nitrogens with one attached hydrogen (secondary N) is 1. The van der Waals surface area contributed by atoms with E-state index in [0.29, 0.717) is 18.9 Å². The van der Waals surface area contributed by atoms with Crippen molar-refractivity contribution in [3.8, 4) is 0 Å². The smallest absolute Gasteiger partial charge is 0.310 e. The number of amides is 1. The number of anilines is 1. The number of halogens is 2. The molecule has 2 N–H and O–H groups in total. The Morgan fingerprint density at radius 3 is 2.48 bits per heavy atom. The molecular weight excluding hydrogens is 284 g/mol. The second-order valence-corrected chi connectivity index (χ2v) is 5.29. The summed E-state index contributed by atoms with van der Waals surface area (Å²) in [5.41, 5.74) is -0.173. The molecule has 21 heavy (non-hydrogen) atoms. The number of aliphatic carboxylic acids is 1. The SMILES string of the molecule is O=C(Nc1ccc(F)cc1F)[C@@H]1[C@H](C(=O)O)[C@H]2CC[C@H]1O2. The normalized spacial score (nSPS) is 30.4. The van der Waals surface area contributed by atoms with Crippen LogP contribution in [-0.2, 0) is 14.3 Å². The molecule has 2 bridgehead atoms. The number of carbonyl (C=O) groups is 2. The summed E-state index contributed by atoms with van der Waals surface area (Å²) < 4.78 is 31.8. The average molecular weight is 297 g/mol. The molecule has 0 aliphatic carbocycles. The van der Waals surface area contributed by atoms with Gasteiger partial charge in [-0.05, 0) is 25.0 Å². The molecule has 2 heterocycles. The van der Waals surface area contributed by atoms with Crippen molar-refractivity contribution in [2.45, 2.75) is 25.0 Å². The van der Waals surface area contributed by atoms with Gasteiger partial charge in [0.1, 0.15) is 11.6 Å². The van der Waals surface area contributed by atoms with Crippen LogP contribution < -0.4 is 5.32 Å². The zero-order valence-electron chi connectivity index (χ0n) is 10.9. The first-order chi connectivity index (χ1) is 9.97. The minimum absolute atomic E-state index is 0.173. The molecule has 0 spiro atoms. The predicted molar refractivity (Wildman–Crippen MR) is 67.5 cm³/mol. The largest absolute Gasteiger partial charge is 0.481 e. The van der Waals surface area contributed by atoms with Crippen molar-refractivity contribution < 1.29 is 28.2 Å². The average Bonchev–Trinajstić information content (AvgIpc) is 3.02. The fourth-order valence-electron chi connectivity index (χ4n) is 3.13. The summed E-state index contributed by atoms with van der Waals surface area (Å²) >= 11 is 0. The first kappa shape index (κ1) is 13.9. The number of hydrogen-bond acceptors (Lipinski definition) is 3. The van der Waals surface area contributed by atoms with Crippen LogP contribution in [0.1, 0.15) is 12.8 Å². The third-order valence-corrected chi connectivity index (χ3v) is 4.05. The van der Waals surface area contributed by atoms with E-state index in [1.807, 2.05) is 0 Å². The van der Waals surface area contributed by atoms with Crippen LogP contribution in [0.4, 0.5) is 14.5 Å². The maximum Gasteiger partial charge on any atom is 0.310 e. The Bertz CT molecular complexity index is 607. The van der Waals surface area contributed by atoms with Gasteiger partial charge in [0.2, 0.25) is 5.91 Å². The Labute approximate surface area is 118 Å². The van der Waals surface area contributed by atoms with Gasteiger partial charge in [-0.25, -0.2) is 8.78 Å². The summed E-state index contributed by atoms with van der Waals surface area (Å²) in [5, 5.41) is 11.6. The Morgan fingerprint density at radius 1 is 1.19 bits per heavy atom. The number of rotatable bonds is 3. The van der Waals surface area contributed by atoms with Gasteiger partial charge in [-0.15, -0.1) is 0 Å². The standard InChI is InChI=1S/C14H13F2NO4/c15-6-1-2-8(7(16)5-6)17-13(18)11-9-3-4-10(21-9)12(11)14(19)20/h1-2,5,9-12H,3-4H2,(H,17,18)(H,19,20)/t9-,10-,11+,12-/m1/s1. The number of carbonyl (C=O) groups excluding carboxylic acids is 1. The van der Waals surface area contributed by atoms with E-state index < -0.39 is 47.6 Å². The monoisotopic (exact) mass is 297 g/mol. The van der Waals surface area contributed by atoms with Gasteiger partial charge in [0.15, 0.2) is 0 Å². The molecule has 3 rings (SSSR count). The number of carboxylic acids is 1. The molecule has 0 aromatic heterocycles. The lowest BCUT2D eigenvalue weighted by Gasteiger charge is -2.23. The third kappa shape index (κ3) is 2.37. The molecule has 1 aromatic carbocycles. The number of benzene rings is 1. The highest BCUT2D eigenvalue weighted by Crippen LogP contribution is 2.44. The van der Waals surface area contributed by atoms with Crippen LogP contribution in [0.5, 0.6) is 0 Å². The molecule has 2 fully saturated rings. The molecule has 0 unspecified atom stereocenters. The van der Waals surface area contributed by atoms with Crippen LogP contribution in [-0.4, -0.2) is 29.2 Å². The highest BCUT2D eigenvalue weighted by Gasteiger charge is 2.55. The molecule has 7 heteroatoms. The lowest BCUT2D eigenvalue weighted by Crippen LogP contribution is -2.41. The van der Waals surface area contributed by atoms with Gasteiger partial charge in [-0.1, -0.05) is 0 Å². The van der Waals surface area contributed by atoms with Crippen molar-refractivity contribution in [2.75, 3.05) is 5.32 Å². The molecule has 0 radical (unpaired) electrons. The quantitative estimate of drug-likeness (QED) is 0.891. The molecule has 2 aliphatic rings. The fourth-order valence-corrected chi connectivity index (χ4v) is 3.13. The van der Waals surface area contributed by atoms with Gasteiger partial charge in [-0.2, -0.15) is 0 Å². The van der Waals surface area contributed by atoms with Crippen LogP contribution in [0.15, 0.2) is 18.2 Å². The molecular formula is C14H13F2NO4. The number of hydrogen-bond donors (Lipinski definition) is 2. The Morgan fingerprint density at radius 2 is 1.86 bits per heavy atom. The van der Waals surface area contributed by atoms with Gasteiger partial charge in [0.25, 0.3) is 0 Å². The highest BCUT2D eigenvalue weighted by atomic mass is 19.1. The van der Waals surface area contributed by atoms with Gasteiger partial charge < -0.3 is 15.2 Å². The maximum absolute atomic E-state index is 13.5. The van der Waals surface area contributed by atoms with Crippen LogP contribution >= 0.6 is 0 Å². The summed E-state index contributed by atoms with van der Waals surface area (Å²) in [6, 6.07) is 2.78. The summed E-state index contributed by atoms with van der Waals surface area (Å²) in [4.78, 5) is 23.5. The summed E-state index contributed by atoms with van der Waals surface area (Å²) in [6.07, 6.45) is 0.287. The van der Waals surface area contributed by atoms with E-state index in [2.05, 4.69) is 5.32 Å². The van der Waals surface area contributed by atoms with Crippen LogP contribution in [0.25, 0.3) is 0 Å². The molecule has 1 aromatic rings. The lowest BCUT2D eigenvalue weighted by molar-refractivity contribution is -0.147. The van der Waals surface area contributed by atoms with Crippen molar-refractivity contribution in [3.63, 3.8) is 0 Å². The summed E-state index contributed by atoms with van der Waals surface area (Å²) in [6.45, 7) is 0. The third-order valence-electron chi connectivity index (χ3n) is 4.05. The van der Waals surface area contributed by atoms with Gasteiger partial charge in [0.05, 0.1) is 29.7 Å². The van der Waals surface area contributed by atoms with Crippen molar-refractivity contribution >= 4 is 17.6 Å². The molecule has 2 aliphatic heterocycles. The number of carboxylic acid groups (broad SMARTS) is 1. The minimum Gasteiger partial charge on any atom is -0.481 e. The van der Waals surface area contributed by atoms with Crippen molar-refractivity contribution in [1.82, 2.24) is 0 Å². The van der Waals surface area contributed by atoms with E-state index in [1.165, 1.54) is 0 Å². The van der Waals surface area contributed by atoms with E-state index in [9.17, 15) is 23.5 Å². The Balaban J connectivity index is 1.80. The molecule has 5 nitrogen and oxygen atoms in total. The van der Waals surface area contributed by atoms with Crippen molar-refractivity contribution in [2.24, 2.45) is 11.8 Å². The van der Waals surface area contributed by atoms with Gasteiger partial charge in [-0.3, -0.25) is 9.59 Å². The number of ether oxygens (including phenoxy) is 1. The first-order valence-electron chi connectivity index (χ1n) is 6.61. The van der Waals surface area contributed by atoms with Crippen LogP contribution in [0.3, 0.4) is 0 Å². The highest BCUT2D eigenvalue weighted by molar-refractivity contribution is 5.96. The van der Waals surface area contributed by atoms with Gasteiger partial charge >= 0.3 is 5.97 Å². The topological polar surface area (TPSA) is 75.6 Å². The fraction of sp³-hybridized carbons (Fsp3) is 0.429. The molecule has 112 valence electrons. The predicted octanol–water partition coefficient (Wildman–Crippen LogP) is 1.78. The summed E-state index contributed by atoms with van der Waals surface area (Å²) in [5.74, 6) is -5.14. The Kier molecular flexibility index (Phi) is 3.36. The molecule has 2 saturated heterocycles. The van der Waals surface area contributed by atoms with Crippen molar-refractivity contribution in [1.29, 1.82) is 0 Å². The maximum atomic E-state index is 13.5. The molecule has 0 saturated carbocycles. The minimum atomic E-state index is -1.10. The zero-order chi connectivity index (χ0) is 15.1. The summed E-state index contributed by atoms with van der Waals surface area (Å²) in [7, 11) is 0. The van der Waals surface area contributed by atoms with E-state index in [4.69, 9.17) is 4.74 Å². The molecule has 4 atom stereocenters.